The molecule has 90 valence electrons. The van der Waals surface area contributed by atoms with E-state index in [9.17, 15) is 0 Å². The van der Waals surface area contributed by atoms with Crippen molar-refractivity contribution >= 4 is 24.0 Å². The minimum absolute atomic E-state index is 0. The van der Waals surface area contributed by atoms with E-state index in [2.05, 4.69) is 24.4 Å². The Bertz CT molecular complexity index is 307. The first-order chi connectivity index (χ1) is 7.24. The van der Waals surface area contributed by atoms with Crippen LogP contribution < -0.4 is 5.32 Å². The van der Waals surface area contributed by atoms with Gasteiger partial charge in [-0.3, -0.25) is 0 Å². The summed E-state index contributed by atoms with van der Waals surface area (Å²) in [6.45, 7) is 3.83. The second-order valence-electron chi connectivity index (χ2n) is 4.08. The molecule has 1 N–H and O–H groups in total. The number of halogens is 2. The Kier molecular flexibility index (Phi) is 5.56. The minimum Gasteiger partial charge on any atom is -0.376 e. The molecule has 0 amide bonds. The Hall–Kier alpha value is -0.280. The molecule has 2 nitrogen and oxygen atoms in total. The molecule has 1 fully saturated rings. The molecule has 0 bridgehead atoms. The van der Waals surface area contributed by atoms with Gasteiger partial charge in [0.15, 0.2) is 0 Å². The third-order valence-corrected chi connectivity index (χ3v) is 2.92. The molecule has 2 atom stereocenters. The molecule has 0 saturated carbocycles. The highest BCUT2D eigenvalue weighted by Crippen LogP contribution is 2.12. The van der Waals surface area contributed by atoms with Gasteiger partial charge in [-0.2, -0.15) is 0 Å². The van der Waals surface area contributed by atoms with Gasteiger partial charge in [0, 0.05) is 17.6 Å². The molecule has 0 radical (unpaired) electrons. The summed E-state index contributed by atoms with van der Waals surface area (Å²) in [5.41, 5.74) is 1.30. The van der Waals surface area contributed by atoms with Gasteiger partial charge in [-0.15, -0.1) is 12.4 Å². The fourth-order valence-corrected chi connectivity index (χ4v) is 1.89. The maximum absolute atomic E-state index is 5.83. The first-order valence-electron chi connectivity index (χ1n) is 5.33. The highest BCUT2D eigenvalue weighted by atomic mass is 35.5. The van der Waals surface area contributed by atoms with Crippen molar-refractivity contribution < 1.29 is 4.74 Å². The molecule has 1 saturated heterocycles. The van der Waals surface area contributed by atoms with E-state index in [4.69, 9.17) is 16.3 Å². The number of hydrogen-bond donors (Lipinski definition) is 1. The van der Waals surface area contributed by atoms with Crippen LogP contribution in [0.4, 0.5) is 0 Å². The van der Waals surface area contributed by atoms with Gasteiger partial charge in [-0.05, 0) is 31.0 Å². The highest BCUT2D eigenvalue weighted by Gasteiger charge is 2.17. The third-order valence-electron chi connectivity index (χ3n) is 2.67. The van der Waals surface area contributed by atoms with Crippen LogP contribution >= 0.6 is 24.0 Å². The number of benzene rings is 1. The summed E-state index contributed by atoms with van der Waals surface area (Å²) in [6.07, 6.45) is 1.34. The summed E-state index contributed by atoms with van der Waals surface area (Å²) in [5, 5.41) is 4.27. The van der Waals surface area contributed by atoms with Gasteiger partial charge in [0.25, 0.3) is 0 Å². The van der Waals surface area contributed by atoms with E-state index in [1.54, 1.807) is 0 Å². The van der Waals surface area contributed by atoms with Crippen molar-refractivity contribution in [2.75, 3.05) is 13.2 Å². The zero-order valence-corrected chi connectivity index (χ0v) is 10.9. The van der Waals surface area contributed by atoms with Crippen LogP contribution in [0.15, 0.2) is 24.3 Å². The Morgan fingerprint density at radius 2 is 2.06 bits per heavy atom. The average Bonchev–Trinajstić information content (AvgIpc) is 2.25. The summed E-state index contributed by atoms with van der Waals surface area (Å²) >= 11 is 5.83. The van der Waals surface area contributed by atoms with E-state index in [0.717, 1.165) is 24.6 Å². The fourth-order valence-electron chi connectivity index (χ4n) is 1.77. The smallest absolute Gasteiger partial charge is 0.0672 e. The third kappa shape index (κ3) is 3.95. The lowest BCUT2D eigenvalue weighted by Gasteiger charge is -2.28. The number of rotatable bonds is 2. The number of morpholine rings is 1. The van der Waals surface area contributed by atoms with Crippen molar-refractivity contribution in [3.05, 3.63) is 34.9 Å². The Morgan fingerprint density at radius 3 is 2.62 bits per heavy atom. The van der Waals surface area contributed by atoms with Gasteiger partial charge >= 0.3 is 0 Å². The van der Waals surface area contributed by atoms with Crippen LogP contribution in [0.5, 0.6) is 0 Å². The van der Waals surface area contributed by atoms with E-state index in [1.807, 2.05) is 12.1 Å². The number of ether oxygens (including phenoxy) is 1. The SMILES string of the molecule is CC1CNC(Cc2ccc(Cl)cc2)CO1.Cl. The van der Waals surface area contributed by atoms with E-state index >= 15 is 0 Å². The van der Waals surface area contributed by atoms with Crippen molar-refractivity contribution in [1.82, 2.24) is 5.32 Å². The van der Waals surface area contributed by atoms with E-state index in [1.165, 1.54) is 5.56 Å². The molecule has 0 spiro atoms. The van der Waals surface area contributed by atoms with E-state index in [-0.39, 0.29) is 12.4 Å². The predicted octanol–water partition coefficient (Wildman–Crippen LogP) is 2.68. The maximum Gasteiger partial charge on any atom is 0.0672 e. The molecule has 4 heteroatoms. The zero-order valence-electron chi connectivity index (χ0n) is 9.28. The molecule has 1 aromatic rings. The van der Waals surface area contributed by atoms with Crippen molar-refractivity contribution in [3.8, 4) is 0 Å². The summed E-state index contributed by atoms with van der Waals surface area (Å²) in [6, 6.07) is 8.44. The molecule has 1 aliphatic heterocycles. The van der Waals surface area contributed by atoms with Gasteiger partial charge in [0.05, 0.1) is 12.7 Å². The lowest BCUT2D eigenvalue weighted by atomic mass is 10.1. The quantitative estimate of drug-likeness (QED) is 0.884. The van der Waals surface area contributed by atoms with Crippen LogP contribution in [0.1, 0.15) is 12.5 Å². The van der Waals surface area contributed by atoms with Crippen molar-refractivity contribution in [3.63, 3.8) is 0 Å². The second-order valence-corrected chi connectivity index (χ2v) is 4.52. The van der Waals surface area contributed by atoms with Crippen molar-refractivity contribution in [2.45, 2.75) is 25.5 Å². The largest absolute Gasteiger partial charge is 0.376 e. The van der Waals surface area contributed by atoms with Gasteiger partial charge in [0.1, 0.15) is 0 Å². The highest BCUT2D eigenvalue weighted by molar-refractivity contribution is 6.30. The van der Waals surface area contributed by atoms with E-state index < -0.39 is 0 Å². The summed E-state index contributed by atoms with van der Waals surface area (Å²) < 4.78 is 5.60. The van der Waals surface area contributed by atoms with Crippen LogP contribution in [0.3, 0.4) is 0 Å². The topological polar surface area (TPSA) is 21.3 Å². The molecule has 0 aromatic heterocycles. The van der Waals surface area contributed by atoms with Crippen LogP contribution in [0.2, 0.25) is 5.02 Å². The van der Waals surface area contributed by atoms with Crippen LogP contribution in [-0.4, -0.2) is 25.3 Å². The molecular formula is C12H17Cl2NO. The molecule has 2 unspecified atom stereocenters. The predicted molar refractivity (Wildman–Crippen MR) is 69.6 cm³/mol. The van der Waals surface area contributed by atoms with Crippen LogP contribution in [0.25, 0.3) is 0 Å². The van der Waals surface area contributed by atoms with Crippen LogP contribution in [0, 0.1) is 0 Å². The Balaban J connectivity index is 0.00000128. The first kappa shape index (κ1) is 13.8. The standard InChI is InChI=1S/C12H16ClNO.ClH/c1-9-7-14-12(8-15-9)6-10-2-4-11(13)5-3-10;/h2-5,9,12,14H,6-8H2,1H3;1H. The van der Waals surface area contributed by atoms with Gasteiger partial charge in [-0.25, -0.2) is 0 Å². The van der Waals surface area contributed by atoms with Crippen molar-refractivity contribution in [1.29, 1.82) is 0 Å². The molecule has 1 aliphatic rings. The zero-order chi connectivity index (χ0) is 10.7. The summed E-state index contributed by atoms with van der Waals surface area (Å²) in [4.78, 5) is 0. The summed E-state index contributed by atoms with van der Waals surface area (Å²) in [7, 11) is 0. The molecule has 2 rings (SSSR count). The maximum atomic E-state index is 5.83. The van der Waals surface area contributed by atoms with Gasteiger partial charge in [-0.1, -0.05) is 23.7 Å². The average molecular weight is 262 g/mol. The normalized spacial score (nSPS) is 24.9. The molecule has 1 aromatic carbocycles. The molecule has 1 heterocycles. The van der Waals surface area contributed by atoms with E-state index in [0.29, 0.717) is 12.1 Å². The van der Waals surface area contributed by atoms with Crippen LogP contribution in [-0.2, 0) is 11.2 Å². The number of nitrogens with one attached hydrogen (secondary N) is 1. The lowest BCUT2D eigenvalue weighted by molar-refractivity contribution is 0.0155. The minimum atomic E-state index is 0. The summed E-state index contributed by atoms with van der Waals surface area (Å²) in [5.74, 6) is 0. The van der Waals surface area contributed by atoms with Crippen molar-refractivity contribution in [2.24, 2.45) is 0 Å². The first-order valence-corrected chi connectivity index (χ1v) is 5.71. The number of hydrogen-bond acceptors (Lipinski definition) is 2. The lowest BCUT2D eigenvalue weighted by Crippen LogP contribution is -2.46. The fraction of sp³-hybridized carbons (Fsp3) is 0.500. The Morgan fingerprint density at radius 1 is 1.38 bits per heavy atom. The molecule has 16 heavy (non-hydrogen) atoms. The monoisotopic (exact) mass is 261 g/mol. The van der Waals surface area contributed by atoms with Gasteiger partial charge in [0.2, 0.25) is 0 Å². The van der Waals surface area contributed by atoms with Gasteiger partial charge < -0.3 is 10.1 Å². The molecular weight excluding hydrogens is 245 g/mol. The Labute approximate surface area is 108 Å². The molecule has 0 aliphatic carbocycles. The second kappa shape index (κ2) is 6.45.